The van der Waals surface area contributed by atoms with Gasteiger partial charge in [0.1, 0.15) is 6.04 Å². The van der Waals surface area contributed by atoms with Crippen LogP contribution in [0.3, 0.4) is 0 Å². The van der Waals surface area contributed by atoms with E-state index in [4.69, 9.17) is 0 Å². The summed E-state index contributed by atoms with van der Waals surface area (Å²) in [6.45, 7) is 10.4. The quantitative estimate of drug-likeness (QED) is 0.793. The zero-order chi connectivity index (χ0) is 17.7. The molecule has 0 fully saturated rings. The number of carbonyl (C=O) groups excluding carboxylic acids is 1. The van der Waals surface area contributed by atoms with Crippen LogP contribution in [0.2, 0.25) is 0 Å². The van der Waals surface area contributed by atoms with Crippen LogP contribution in [0, 0.1) is 0 Å². The van der Waals surface area contributed by atoms with Gasteiger partial charge in [0.15, 0.2) is 6.04 Å². The normalized spacial score (nSPS) is 14.0. The third-order valence-electron chi connectivity index (χ3n) is 4.14. The maximum atomic E-state index is 12.3. The first-order chi connectivity index (χ1) is 11.4. The van der Waals surface area contributed by atoms with Crippen LogP contribution < -0.4 is 10.6 Å². The lowest BCUT2D eigenvalue weighted by molar-refractivity contribution is -0.704. The summed E-state index contributed by atoms with van der Waals surface area (Å²) in [7, 11) is 0. The summed E-state index contributed by atoms with van der Waals surface area (Å²) >= 11 is 1.74. The first-order valence-corrected chi connectivity index (χ1v) is 9.55. The number of rotatable bonds is 7. The van der Waals surface area contributed by atoms with Gasteiger partial charge in [0, 0.05) is 11.6 Å². The van der Waals surface area contributed by atoms with E-state index in [1.54, 1.807) is 11.3 Å². The summed E-state index contributed by atoms with van der Waals surface area (Å²) in [5, 5.41) is 7.26. The Morgan fingerprint density at radius 3 is 2.12 bits per heavy atom. The van der Waals surface area contributed by atoms with E-state index in [0.29, 0.717) is 5.92 Å². The highest BCUT2D eigenvalue weighted by Crippen LogP contribution is 2.24. The lowest BCUT2D eigenvalue weighted by Gasteiger charge is -2.20. The summed E-state index contributed by atoms with van der Waals surface area (Å²) in [5.41, 5.74) is 2.58. The zero-order valence-electron chi connectivity index (χ0n) is 15.2. The summed E-state index contributed by atoms with van der Waals surface area (Å²) < 4.78 is 0. The van der Waals surface area contributed by atoms with Gasteiger partial charge in [-0.05, 0) is 43.7 Å². The van der Waals surface area contributed by atoms with Gasteiger partial charge in [0.25, 0.3) is 5.91 Å². The minimum Gasteiger partial charge on any atom is -0.349 e. The summed E-state index contributed by atoms with van der Waals surface area (Å²) in [5.74, 6) is 0.615. The number of carbonyl (C=O) groups is 1. The Balaban J connectivity index is 2.21. The van der Waals surface area contributed by atoms with Gasteiger partial charge in [-0.3, -0.25) is 4.79 Å². The minimum atomic E-state index is -0.135. The fourth-order valence-corrected chi connectivity index (χ4v) is 3.55. The van der Waals surface area contributed by atoms with Crippen molar-refractivity contribution in [3.05, 3.63) is 57.8 Å². The van der Waals surface area contributed by atoms with Crippen molar-refractivity contribution in [3.8, 4) is 0 Å². The largest absolute Gasteiger partial charge is 0.349 e. The third kappa shape index (κ3) is 4.92. The Labute approximate surface area is 149 Å². The van der Waals surface area contributed by atoms with Gasteiger partial charge in [-0.25, -0.2) is 0 Å². The Hall–Kier alpha value is -1.65. The van der Waals surface area contributed by atoms with Crippen molar-refractivity contribution in [1.82, 2.24) is 5.32 Å². The van der Waals surface area contributed by atoms with Crippen LogP contribution in [-0.2, 0) is 4.79 Å². The van der Waals surface area contributed by atoms with Crippen molar-refractivity contribution in [1.29, 1.82) is 0 Å². The van der Waals surface area contributed by atoms with Gasteiger partial charge in [-0.2, -0.15) is 0 Å². The molecule has 0 aliphatic carbocycles. The van der Waals surface area contributed by atoms with E-state index in [0.717, 1.165) is 0 Å². The number of quaternary nitrogens is 1. The Bertz CT molecular complexity index is 632. The molecule has 1 heterocycles. The molecule has 0 saturated heterocycles. The fraction of sp³-hybridized carbons (Fsp3) is 0.450. The van der Waals surface area contributed by atoms with Crippen LogP contribution in [0.1, 0.15) is 62.6 Å². The van der Waals surface area contributed by atoms with Gasteiger partial charge >= 0.3 is 0 Å². The lowest BCUT2D eigenvalue weighted by atomic mass is 9.98. The molecule has 3 N–H and O–H groups in total. The van der Waals surface area contributed by atoms with Crippen molar-refractivity contribution in [3.63, 3.8) is 0 Å². The molecule has 0 unspecified atom stereocenters. The van der Waals surface area contributed by atoms with Gasteiger partial charge in [-0.15, -0.1) is 11.3 Å². The van der Waals surface area contributed by atoms with Crippen LogP contribution in [0.5, 0.6) is 0 Å². The summed E-state index contributed by atoms with van der Waals surface area (Å²) in [6.07, 6.45) is 0. The predicted octanol–water partition coefficient (Wildman–Crippen LogP) is 3.44. The number of nitrogens with two attached hydrogens (primary N) is 1. The first kappa shape index (κ1) is 18.7. The van der Waals surface area contributed by atoms with Gasteiger partial charge in [0.2, 0.25) is 0 Å². The van der Waals surface area contributed by atoms with E-state index in [9.17, 15) is 4.79 Å². The van der Waals surface area contributed by atoms with E-state index in [1.807, 2.05) is 20.8 Å². The molecule has 1 aromatic heterocycles. The fourth-order valence-electron chi connectivity index (χ4n) is 2.72. The predicted molar refractivity (Wildman–Crippen MR) is 101 cm³/mol. The molecular weight excluding hydrogens is 316 g/mol. The first-order valence-electron chi connectivity index (χ1n) is 8.67. The van der Waals surface area contributed by atoms with Crippen molar-refractivity contribution in [2.45, 2.75) is 58.7 Å². The molecule has 1 amide bonds. The molecule has 4 heteroatoms. The number of hydrogen-bond donors (Lipinski definition) is 2. The maximum Gasteiger partial charge on any atom is 0.278 e. The van der Waals surface area contributed by atoms with Crippen molar-refractivity contribution in [2.75, 3.05) is 0 Å². The van der Waals surface area contributed by atoms with Gasteiger partial charge < -0.3 is 10.6 Å². The third-order valence-corrected chi connectivity index (χ3v) is 5.09. The lowest BCUT2D eigenvalue weighted by Crippen LogP contribution is -2.92. The number of thiophene rings is 1. The average Bonchev–Trinajstić information content (AvgIpc) is 3.06. The molecule has 0 radical (unpaired) electrons. The smallest absolute Gasteiger partial charge is 0.278 e. The molecular formula is C20H29N2OS+. The molecule has 3 nitrogen and oxygen atoms in total. The molecule has 2 atom stereocenters. The Kier molecular flexibility index (Phi) is 6.58. The Morgan fingerprint density at radius 1 is 1.00 bits per heavy atom. The molecule has 0 saturated carbocycles. The molecule has 24 heavy (non-hydrogen) atoms. The van der Waals surface area contributed by atoms with E-state index >= 15 is 0 Å². The highest BCUT2D eigenvalue weighted by atomic mass is 32.1. The minimum absolute atomic E-state index is 0.0883. The van der Waals surface area contributed by atoms with Crippen molar-refractivity contribution >= 4 is 17.2 Å². The average molecular weight is 346 g/mol. The summed E-state index contributed by atoms with van der Waals surface area (Å²) in [4.78, 5) is 13.6. The second kappa shape index (κ2) is 8.45. The van der Waals surface area contributed by atoms with E-state index in [1.165, 1.54) is 16.0 Å². The standard InChI is InChI=1S/C20H28N2OS/c1-13(2)16-8-10-17(11-9-16)19(18-7-6-12-24-18)22-15(5)20(23)21-14(3)4/h6-15,19,22H,1-5H3,(H,21,23)/p+1/t15-,19+/m1/s1. The van der Waals surface area contributed by atoms with Crippen LogP contribution in [-0.4, -0.2) is 18.0 Å². The molecule has 130 valence electrons. The number of hydrogen-bond acceptors (Lipinski definition) is 2. The van der Waals surface area contributed by atoms with E-state index in [2.05, 4.69) is 66.3 Å². The van der Waals surface area contributed by atoms with Crippen LogP contribution in [0.4, 0.5) is 0 Å². The number of nitrogens with one attached hydrogen (secondary N) is 1. The topological polar surface area (TPSA) is 45.7 Å². The van der Waals surface area contributed by atoms with Crippen molar-refractivity contribution < 1.29 is 10.1 Å². The molecule has 2 rings (SSSR count). The number of benzene rings is 1. The second-order valence-corrected chi connectivity index (χ2v) is 7.94. The van der Waals surface area contributed by atoms with E-state index in [-0.39, 0.29) is 24.0 Å². The van der Waals surface area contributed by atoms with E-state index < -0.39 is 0 Å². The van der Waals surface area contributed by atoms with Crippen molar-refractivity contribution in [2.24, 2.45) is 0 Å². The molecule has 0 aliphatic rings. The number of amides is 1. The molecule has 2 aromatic rings. The van der Waals surface area contributed by atoms with Crippen LogP contribution in [0.25, 0.3) is 0 Å². The van der Waals surface area contributed by atoms with Gasteiger partial charge in [0.05, 0.1) is 4.88 Å². The molecule has 0 bridgehead atoms. The van der Waals surface area contributed by atoms with Crippen LogP contribution >= 0.6 is 11.3 Å². The zero-order valence-corrected chi connectivity index (χ0v) is 16.1. The second-order valence-electron chi connectivity index (χ2n) is 6.96. The monoisotopic (exact) mass is 345 g/mol. The molecule has 0 aliphatic heterocycles. The maximum absolute atomic E-state index is 12.3. The van der Waals surface area contributed by atoms with Gasteiger partial charge in [-0.1, -0.05) is 44.2 Å². The van der Waals surface area contributed by atoms with Crippen LogP contribution in [0.15, 0.2) is 41.8 Å². The highest BCUT2D eigenvalue weighted by Gasteiger charge is 2.25. The SMILES string of the molecule is CC(C)NC(=O)[C@@H](C)[NH2+][C@@H](c1ccc(C(C)C)cc1)c1cccs1. The summed E-state index contributed by atoms with van der Waals surface area (Å²) in [6, 6.07) is 13.2. The Morgan fingerprint density at radius 2 is 1.62 bits per heavy atom. The highest BCUT2D eigenvalue weighted by molar-refractivity contribution is 7.10. The molecule has 0 spiro atoms. The molecule has 1 aromatic carbocycles.